The molecule has 0 aromatic heterocycles. The van der Waals surface area contributed by atoms with Gasteiger partial charge in [-0.3, -0.25) is 0 Å². The molecule has 1 aliphatic carbocycles. The number of hydrogen-bond donors (Lipinski definition) is 1. The molecule has 0 amide bonds. The molecule has 0 radical (unpaired) electrons. The van der Waals surface area contributed by atoms with Crippen LogP contribution in [0.25, 0.3) is 0 Å². The Kier molecular flexibility index (Phi) is 4.14. The first-order valence-corrected chi connectivity index (χ1v) is 7.46. The van der Waals surface area contributed by atoms with E-state index in [2.05, 4.69) is 25.7 Å². The summed E-state index contributed by atoms with van der Waals surface area (Å²) in [7, 11) is 0. The molecule has 0 bridgehead atoms. The molecule has 1 saturated carbocycles. The molecule has 1 saturated heterocycles. The van der Waals surface area contributed by atoms with Crippen molar-refractivity contribution < 1.29 is 0 Å². The second-order valence-corrected chi connectivity index (χ2v) is 7.17. The fourth-order valence-corrected chi connectivity index (χ4v) is 3.87. The van der Waals surface area contributed by atoms with E-state index < -0.39 is 0 Å². The Morgan fingerprint density at radius 3 is 2.24 bits per heavy atom. The van der Waals surface area contributed by atoms with Gasteiger partial charge in [-0.1, -0.05) is 27.2 Å². The Balaban J connectivity index is 1.86. The SMILES string of the molecule is CC(C)(C)C1CCN(C2CCCC2CN)CC1. The highest BCUT2D eigenvalue weighted by Crippen LogP contribution is 2.37. The van der Waals surface area contributed by atoms with Gasteiger partial charge >= 0.3 is 0 Å². The van der Waals surface area contributed by atoms with Crippen LogP contribution in [0.1, 0.15) is 52.9 Å². The van der Waals surface area contributed by atoms with Crippen molar-refractivity contribution in [1.82, 2.24) is 4.90 Å². The summed E-state index contributed by atoms with van der Waals surface area (Å²) in [5.41, 5.74) is 6.40. The second-order valence-electron chi connectivity index (χ2n) is 7.17. The van der Waals surface area contributed by atoms with Crippen molar-refractivity contribution in [3.8, 4) is 0 Å². The molecular weight excluding hydrogens is 208 g/mol. The van der Waals surface area contributed by atoms with Crippen LogP contribution in [-0.2, 0) is 0 Å². The van der Waals surface area contributed by atoms with Crippen LogP contribution >= 0.6 is 0 Å². The van der Waals surface area contributed by atoms with E-state index in [9.17, 15) is 0 Å². The van der Waals surface area contributed by atoms with Gasteiger partial charge in [-0.15, -0.1) is 0 Å². The van der Waals surface area contributed by atoms with Crippen LogP contribution in [0.2, 0.25) is 0 Å². The Hall–Kier alpha value is -0.0800. The van der Waals surface area contributed by atoms with E-state index in [0.29, 0.717) is 5.41 Å². The number of likely N-dealkylation sites (tertiary alicyclic amines) is 1. The number of nitrogens with two attached hydrogens (primary N) is 1. The lowest BCUT2D eigenvalue weighted by Gasteiger charge is -2.42. The minimum absolute atomic E-state index is 0.495. The zero-order chi connectivity index (χ0) is 12.5. The van der Waals surface area contributed by atoms with Crippen molar-refractivity contribution in [1.29, 1.82) is 0 Å². The molecule has 0 aromatic rings. The van der Waals surface area contributed by atoms with Crippen molar-refractivity contribution >= 4 is 0 Å². The fourth-order valence-electron chi connectivity index (χ4n) is 3.87. The Morgan fingerprint density at radius 1 is 1.06 bits per heavy atom. The van der Waals surface area contributed by atoms with Crippen LogP contribution in [-0.4, -0.2) is 30.6 Å². The first-order chi connectivity index (χ1) is 8.02. The summed E-state index contributed by atoms with van der Waals surface area (Å²) in [6, 6.07) is 0.806. The number of hydrogen-bond acceptors (Lipinski definition) is 2. The van der Waals surface area contributed by atoms with E-state index in [1.54, 1.807) is 0 Å². The molecule has 0 aromatic carbocycles. The maximum absolute atomic E-state index is 5.90. The van der Waals surface area contributed by atoms with Gasteiger partial charge in [0, 0.05) is 6.04 Å². The highest BCUT2D eigenvalue weighted by Gasteiger charge is 2.35. The third-order valence-corrected chi connectivity index (χ3v) is 5.15. The Bertz CT molecular complexity index is 236. The van der Waals surface area contributed by atoms with Crippen LogP contribution in [0.4, 0.5) is 0 Å². The van der Waals surface area contributed by atoms with Crippen LogP contribution in [0, 0.1) is 17.3 Å². The normalized spacial score (nSPS) is 33.2. The zero-order valence-corrected chi connectivity index (χ0v) is 11.9. The summed E-state index contributed by atoms with van der Waals surface area (Å²) < 4.78 is 0. The minimum atomic E-state index is 0.495. The highest BCUT2D eigenvalue weighted by molar-refractivity contribution is 4.89. The number of rotatable bonds is 2. The summed E-state index contributed by atoms with van der Waals surface area (Å²) in [6.07, 6.45) is 6.92. The molecule has 100 valence electrons. The number of piperidine rings is 1. The largest absolute Gasteiger partial charge is 0.330 e. The molecule has 1 heterocycles. The molecule has 0 spiro atoms. The molecule has 2 N–H and O–H groups in total. The van der Waals surface area contributed by atoms with E-state index in [0.717, 1.165) is 24.4 Å². The van der Waals surface area contributed by atoms with Crippen LogP contribution in [0.15, 0.2) is 0 Å². The van der Waals surface area contributed by atoms with Crippen molar-refractivity contribution in [2.45, 2.75) is 58.9 Å². The van der Waals surface area contributed by atoms with Crippen LogP contribution in [0.5, 0.6) is 0 Å². The standard InChI is InChI=1S/C15H30N2/c1-15(2,3)13-7-9-17(10-8-13)14-6-4-5-12(14)11-16/h12-14H,4-11,16H2,1-3H3. The molecular formula is C15H30N2. The van der Waals surface area contributed by atoms with Gasteiger partial charge in [0.05, 0.1) is 0 Å². The van der Waals surface area contributed by atoms with Crippen molar-refractivity contribution in [2.24, 2.45) is 23.0 Å². The van der Waals surface area contributed by atoms with Gasteiger partial charge < -0.3 is 10.6 Å². The average molecular weight is 238 g/mol. The maximum Gasteiger partial charge on any atom is 0.0136 e. The number of nitrogens with zero attached hydrogens (tertiary/aromatic N) is 1. The Morgan fingerprint density at radius 2 is 1.71 bits per heavy atom. The van der Waals surface area contributed by atoms with Gasteiger partial charge in [0.25, 0.3) is 0 Å². The van der Waals surface area contributed by atoms with Gasteiger partial charge in [-0.25, -0.2) is 0 Å². The molecule has 2 nitrogen and oxygen atoms in total. The third kappa shape index (κ3) is 3.03. The Labute approximate surface area is 107 Å². The smallest absolute Gasteiger partial charge is 0.0136 e. The van der Waals surface area contributed by atoms with E-state index in [-0.39, 0.29) is 0 Å². The molecule has 2 aliphatic rings. The lowest BCUT2D eigenvalue weighted by Crippen LogP contribution is -2.46. The lowest BCUT2D eigenvalue weighted by molar-refractivity contribution is 0.0700. The van der Waals surface area contributed by atoms with Crippen LogP contribution in [0.3, 0.4) is 0 Å². The summed E-state index contributed by atoms with van der Waals surface area (Å²) in [5, 5.41) is 0. The highest BCUT2D eigenvalue weighted by atomic mass is 15.2. The lowest BCUT2D eigenvalue weighted by atomic mass is 9.75. The van der Waals surface area contributed by atoms with Gasteiger partial charge in [-0.05, 0) is 62.6 Å². The van der Waals surface area contributed by atoms with Crippen molar-refractivity contribution in [3.05, 3.63) is 0 Å². The summed E-state index contributed by atoms with van der Waals surface area (Å²) >= 11 is 0. The van der Waals surface area contributed by atoms with Crippen molar-refractivity contribution in [3.63, 3.8) is 0 Å². The van der Waals surface area contributed by atoms with Gasteiger partial charge in [0.15, 0.2) is 0 Å². The molecule has 2 heteroatoms. The van der Waals surface area contributed by atoms with Gasteiger partial charge in [0.1, 0.15) is 0 Å². The topological polar surface area (TPSA) is 29.3 Å². The second kappa shape index (κ2) is 5.27. The average Bonchev–Trinajstić information content (AvgIpc) is 2.76. The van der Waals surface area contributed by atoms with E-state index in [1.807, 2.05) is 0 Å². The predicted octanol–water partition coefficient (Wildman–Crippen LogP) is 2.87. The predicted molar refractivity (Wildman–Crippen MR) is 73.9 cm³/mol. The molecule has 1 aliphatic heterocycles. The van der Waals surface area contributed by atoms with Gasteiger partial charge in [0.2, 0.25) is 0 Å². The zero-order valence-electron chi connectivity index (χ0n) is 11.9. The molecule has 2 rings (SSSR count). The van der Waals surface area contributed by atoms with E-state index in [1.165, 1.54) is 45.2 Å². The van der Waals surface area contributed by atoms with Gasteiger partial charge in [-0.2, -0.15) is 0 Å². The molecule has 2 atom stereocenters. The third-order valence-electron chi connectivity index (χ3n) is 5.15. The minimum Gasteiger partial charge on any atom is -0.330 e. The first kappa shape index (κ1) is 13.4. The fraction of sp³-hybridized carbons (Fsp3) is 1.00. The summed E-state index contributed by atoms with van der Waals surface area (Å²) in [6.45, 7) is 10.7. The molecule has 2 fully saturated rings. The summed E-state index contributed by atoms with van der Waals surface area (Å²) in [4.78, 5) is 2.74. The molecule has 17 heavy (non-hydrogen) atoms. The van der Waals surface area contributed by atoms with E-state index in [4.69, 9.17) is 5.73 Å². The molecule has 2 unspecified atom stereocenters. The van der Waals surface area contributed by atoms with E-state index >= 15 is 0 Å². The summed E-state index contributed by atoms with van der Waals surface area (Å²) in [5.74, 6) is 1.69. The quantitative estimate of drug-likeness (QED) is 0.801. The van der Waals surface area contributed by atoms with Crippen molar-refractivity contribution in [2.75, 3.05) is 19.6 Å². The van der Waals surface area contributed by atoms with Crippen LogP contribution < -0.4 is 5.73 Å². The monoisotopic (exact) mass is 238 g/mol. The maximum atomic E-state index is 5.90. The first-order valence-electron chi connectivity index (χ1n) is 7.46.